The number of halogens is 5. The van der Waals surface area contributed by atoms with E-state index in [9.17, 15) is 22.0 Å². The Morgan fingerprint density at radius 3 is 1.20 bits per heavy atom. The van der Waals surface area contributed by atoms with E-state index in [-0.39, 0.29) is 0 Å². The van der Waals surface area contributed by atoms with Crippen molar-refractivity contribution in [2.75, 3.05) is 0 Å². The fourth-order valence-electron chi connectivity index (χ4n) is 0.691. The van der Waals surface area contributed by atoms with Gasteiger partial charge >= 0.3 is 0 Å². The van der Waals surface area contributed by atoms with Crippen molar-refractivity contribution in [3.8, 4) is 0 Å². The summed E-state index contributed by atoms with van der Waals surface area (Å²) in [4.78, 5) is 0. The van der Waals surface area contributed by atoms with Crippen molar-refractivity contribution >= 4 is 0 Å². The predicted octanol–water partition coefficient (Wildman–Crippen LogP) is 2.16. The number of hydrogen-bond donors (Lipinski definition) is 0. The first kappa shape index (κ1) is 7.50. The summed E-state index contributed by atoms with van der Waals surface area (Å²) in [6.07, 6.45) is -8.26. The van der Waals surface area contributed by atoms with Gasteiger partial charge in [-0.1, -0.05) is 0 Å². The summed E-state index contributed by atoms with van der Waals surface area (Å²) in [5, 5.41) is 0. The second-order valence-electron chi connectivity index (χ2n) is 1.94. The number of allylic oxidation sites excluding steroid dienone is 2. The average Bonchev–Trinajstić information content (AvgIpc) is 2.07. The first-order valence-corrected chi connectivity index (χ1v) is 2.53. The van der Waals surface area contributed by atoms with Crippen molar-refractivity contribution < 1.29 is 22.0 Å². The van der Waals surface area contributed by atoms with Gasteiger partial charge in [0.15, 0.2) is 30.2 Å². The molecule has 0 nitrogen and oxygen atoms in total. The van der Waals surface area contributed by atoms with Gasteiger partial charge < -0.3 is 0 Å². The Balaban J connectivity index is 2.88. The van der Waals surface area contributed by atoms with Gasteiger partial charge in [-0.3, -0.25) is 0 Å². The summed E-state index contributed by atoms with van der Waals surface area (Å²) in [6.45, 7) is 0. The second-order valence-corrected chi connectivity index (χ2v) is 1.94. The monoisotopic (exact) mass is 158 g/mol. The normalized spacial score (nSPS) is 41.1. The van der Waals surface area contributed by atoms with E-state index < -0.39 is 30.2 Å². The molecule has 0 fully saturated rings. The molecular weight excluding hydrogens is 155 g/mol. The minimum absolute atomic E-state index is 1.96. The van der Waals surface area contributed by atoms with Crippen LogP contribution >= 0.6 is 0 Å². The summed E-state index contributed by atoms with van der Waals surface area (Å²) in [5.41, 5.74) is 0. The van der Waals surface area contributed by atoms with Gasteiger partial charge in [0, 0.05) is 0 Å². The highest BCUT2D eigenvalue weighted by molar-refractivity contribution is 5.21. The Morgan fingerprint density at radius 1 is 0.800 bits per heavy atom. The molecule has 1 aliphatic carbocycles. The molecule has 0 spiro atoms. The van der Waals surface area contributed by atoms with Crippen LogP contribution in [0.4, 0.5) is 22.0 Å². The van der Waals surface area contributed by atoms with E-state index in [0.717, 1.165) is 0 Å². The summed E-state index contributed by atoms with van der Waals surface area (Å²) in [6, 6.07) is 0. The largest absolute Gasteiger partial charge is 0.240 e. The van der Waals surface area contributed by atoms with Gasteiger partial charge in [0.05, 0.1) is 0 Å². The molecule has 0 aromatic heterocycles. The van der Waals surface area contributed by atoms with Crippen LogP contribution in [-0.4, -0.2) is 18.5 Å². The third-order valence-corrected chi connectivity index (χ3v) is 1.27. The van der Waals surface area contributed by atoms with Gasteiger partial charge in [-0.05, 0) is 0 Å². The minimum Gasteiger partial charge on any atom is -0.240 e. The molecule has 58 valence electrons. The molecule has 0 radical (unpaired) electrons. The van der Waals surface area contributed by atoms with Gasteiger partial charge in [0.2, 0.25) is 0 Å². The SMILES string of the molecule is FC1=C(F)[C@H](F)C(F)[C@@H]1F. The van der Waals surface area contributed by atoms with Crippen molar-refractivity contribution in [3.63, 3.8) is 0 Å². The van der Waals surface area contributed by atoms with E-state index in [2.05, 4.69) is 0 Å². The van der Waals surface area contributed by atoms with Gasteiger partial charge in [-0.15, -0.1) is 0 Å². The molecule has 1 rings (SSSR count). The third-order valence-electron chi connectivity index (χ3n) is 1.27. The predicted molar refractivity (Wildman–Crippen MR) is 23.9 cm³/mol. The molecule has 0 N–H and O–H groups in total. The van der Waals surface area contributed by atoms with Crippen LogP contribution < -0.4 is 0 Å². The van der Waals surface area contributed by atoms with Gasteiger partial charge in [-0.25, -0.2) is 22.0 Å². The number of hydrogen-bond acceptors (Lipinski definition) is 0. The van der Waals surface area contributed by atoms with Crippen molar-refractivity contribution in [3.05, 3.63) is 11.7 Å². The molecule has 0 heterocycles. The second kappa shape index (κ2) is 2.21. The fourth-order valence-corrected chi connectivity index (χ4v) is 0.691. The molecule has 0 aromatic carbocycles. The van der Waals surface area contributed by atoms with E-state index in [0.29, 0.717) is 0 Å². The lowest BCUT2D eigenvalue weighted by Crippen LogP contribution is -2.20. The fraction of sp³-hybridized carbons (Fsp3) is 0.600. The standard InChI is InChI=1S/C5H3F5/c6-1-2(7)4(9)5(10)3(1)8/h1-3H/t1?,2-,3+. The smallest absolute Gasteiger partial charge is 0.188 e. The third kappa shape index (κ3) is 0.803. The molecule has 0 saturated carbocycles. The van der Waals surface area contributed by atoms with Crippen LogP contribution in [0.25, 0.3) is 0 Å². The highest BCUT2D eigenvalue weighted by Gasteiger charge is 2.45. The molecular formula is C5H3F5. The lowest BCUT2D eigenvalue weighted by molar-refractivity contribution is 0.127. The van der Waals surface area contributed by atoms with Crippen molar-refractivity contribution in [2.24, 2.45) is 0 Å². The topological polar surface area (TPSA) is 0 Å². The minimum atomic E-state index is -2.77. The van der Waals surface area contributed by atoms with Crippen molar-refractivity contribution in [2.45, 2.75) is 18.5 Å². The van der Waals surface area contributed by atoms with Gasteiger partial charge in [-0.2, -0.15) is 0 Å². The quantitative estimate of drug-likeness (QED) is 0.474. The Bertz CT molecular complexity index is 157. The maximum atomic E-state index is 11.9. The maximum Gasteiger partial charge on any atom is 0.188 e. The molecule has 5 heteroatoms. The van der Waals surface area contributed by atoms with E-state index in [4.69, 9.17) is 0 Å². The molecule has 0 amide bonds. The first-order valence-electron chi connectivity index (χ1n) is 2.53. The Labute approximate surface area is 53.3 Å². The summed E-state index contributed by atoms with van der Waals surface area (Å²) < 4.78 is 59.5. The zero-order valence-corrected chi connectivity index (χ0v) is 4.62. The Hall–Kier alpha value is -0.610. The lowest BCUT2D eigenvalue weighted by atomic mass is 10.3. The first-order chi connectivity index (χ1) is 4.55. The Kier molecular flexibility index (Phi) is 1.66. The molecule has 3 atom stereocenters. The number of alkyl halides is 3. The van der Waals surface area contributed by atoms with Crippen LogP contribution in [0.15, 0.2) is 11.7 Å². The van der Waals surface area contributed by atoms with E-state index in [1.165, 1.54) is 0 Å². The van der Waals surface area contributed by atoms with Crippen LogP contribution in [0, 0.1) is 0 Å². The van der Waals surface area contributed by atoms with Crippen LogP contribution in [0.5, 0.6) is 0 Å². The van der Waals surface area contributed by atoms with Crippen LogP contribution in [0.1, 0.15) is 0 Å². The zero-order valence-electron chi connectivity index (χ0n) is 4.62. The van der Waals surface area contributed by atoms with E-state index >= 15 is 0 Å². The molecule has 0 saturated heterocycles. The molecule has 0 aromatic rings. The molecule has 10 heavy (non-hydrogen) atoms. The average molecular weight is 158 g/mol. The van der Waals surface area contributed by atoms with Gasteiger partial charge in [0.1, 0.15) is 0 Å². The highest BCUT2D eigenvalue weighted by Crippen LogP contribution is 2.35. The number of rotatable bonds is 0. The molecule has 1 aliphatic rings. The lowest BCUT2D eigenvalue weighted by Gasteiger charge is -2.02. The van der Waals surface area contributed by atoms with Crippen LogP contribution in [0.2, 0.25) is 0 Å². The maximum absolute atomic E-state index is 11.9. The molecule has 0 bridgehead atoms. The summed E-state index contributed by atoms with van der Waals surface area (Å²) in [7, 11) is 0. The van der Waals surface area contributed by atoms with E-state index in [1.807, 2.05) is 0 Å². The van der Waals surface area contributed by atoms with Crippen molar-refractivity contribution in [1.82, 2.24) is 0 Å². The van der Waals surface area contributed by atoms with Gasteiger partial charge in [0.25, 0.3) is 0 Å². The van der Waals surface area contributed by atoms with Crippen LogP contribution in [-0.2, 0) is 0 Å². The zero-order chi connectivity index (χ0) is 7.89. The molecule has 0 aliphatic heterocycles. The summed E-state index contributed by atoms with van der Waals surface area (Å²) >= 11 is 0. The molecule has 1 unspecified atom stereocenters. The summed E-state index contributed by atoms with van der Waals surface area (Å²) in [5.74, 6) is -3.92. The highest BCUT2D eigenvalue weighted by atomic mass is 19.2. The Morgan fingerprint density at radius 2 is 1.10 bits per heavy atom. The van der Waals surface area contributed by atoms with Crippen molar-refractivity contribution in [1.29, 1.82) is 0 Å². The van der Waals surface area contributed by atoms with Crippen LogP contribution in [0.3, 0.4) is 0 Å². The van der Waals surface area contributed by atoms with E-state index in [1.54, 1.807) is 0 Å².